The number of ether oxygens (including phenoxy) is 1. The molecule has 1 aromatic heterocycles. The summed E-state index contributed by atoms with van der Waals surface area (Å²) in [5, 5.41) is 0. The molecule has 0 N–H and O–H groups in total. The molecule has 0 bridgehead atoms. The smallest absolute Gasteiger partial charge is 0.326 e. The average molecular weight is 366 g/mol. The lowest BCUT2D eigenvalue weighted by Crippen LogP contribution is -2.36. The summed E-state index contributed by atoms with van der Waals surface area (Å²) in [7, 11) is 0. The van der Waals surface area contributed by atoms with Crippen molar-refractivity contribution in [3.8, 4) is 11.3 Å². The van der Waals surface area contributed by atoms with E-state index in [4.69, 9.17) is 9.15 Å². The Morgan fingerprint density at radius 3 is 2.44 bits per heavy atom. The van der Waals surface area contributed by atoms with E-state index in [9.17, 15) is 14.4 Å². The number of hydrogen-bond donors (Lipinski definition) is 0. The van der Waals surface area contributed by atoms with Crippen molar-refractivity contribution in [2.24, 2.45) is 11.8 Å². The number of carbonyl (C=O) groups excluding carboxylic acids is 3. The highest BCUT2D eigenvalue weighted by Gasteiger charge is 2.47. The first-order valence-corrected chi connectivity index (χ1v) is 8.79. The molecule has 0 unspecified atom stereocenters. The number of benzene rings is 1. The van der Waals surface area contributed by atoms with Gasteiger partial charge in [-0.05, 0) is 12.8 Å². The number of imide groups is 1. The highest BCUT2D eigenvalue weighted by atomic mass is 16.5. The summed E-state index contributed by atoms with van der Waals surface area (Å²) in [5.41, 5.74) is 0.868. The van der Waals surface area contributed by atoms with E-state index in [1.54, 1.807) is 6.20 Å². The van der Waals surface area contributed by atoms with Crippen LogP contribution in [0.4, 0.5) is 0 Å². The standard InChI is InChI=1S/C20H18N2O5/c23-18(11-22-19(24)14-8-4-5-9-15(14)20(22)25)26-12-17-21-10-16(27-17)13-6-2-1-3-7-13/h1-7,10,14-15H,8-9,11-12H2/t14-,15+. The quantitative estimate of drug-likeness (QED) is 0.458. The van der Waals surface area contributed by atoms with Crippen molar-refractivity contribution in [1.82, 2.24) is 9.88 Å². The zero-order valence-corrected chi connectivity index (χ0v) is 14.5. The molecular weight excluding hydrogens is 348 g/mol. The number of rotatable bonds is 5. The first-order chi connectivity index (χ1) is 13.1. The van der Waals surface area contributed by atoms with Gasteiger partial charge in [0, 0.05) is 5.56 Å². The fourth-order valence-electron chi connectivity index (χ4n) is 3.45. The molecule has 1 fully saturated rings. The maximum atomic E-state index is 12.4. The van der Waals surface area contributed by atoms with E-state index in [2.05, 4.69) is 4.98 Å². The number of allylic oxidation sites excluding steroid dienone is 2. The third-order valence-electron chi connectivity index (χ3n) is 4.85. The number of aromatic nitrogens is 1. The van der Waals surface area contributed by atoms with Crippen molar-refractivity contribution >= 4 is 17.8 Å². The van der Waals surface area contributed by atoms with E-state index < -0.39 is 5.97 Å². The molecule has 1 aromatic carbocycles. The van der Waals surface area contributed by atoms with Crippen LogP contribution in [0.3, 0.4) is 0 Å². The molecule has 0 spiro atoms. The van der Waals surface area contributed by atoms with Gasteiger partial charge >= 0.3 is 5.97 Å². The Labute approximate surface area is 155 Å². The molecule has 138 valence electrons. The Hall–Kier alpha value is -3.22. The zero-order chi connectivity index (χ0) is 18.8. The summed E-state index contributed by atoms with van der Waals surface area (Å²) >= 11 is 0. The van der Waals surface area contributed by atoms with Crippen molar-refractivity contribution in [3.05, 3.63) is 54.6 Å². The Morgan fingerprint density at radius 2 is 1.78 bits per heavy atom. The molecule has 2 heterocycles. The maximum Gasteiger partial charge on any atom is 0.326 e. The average Bonchev–Trinajstić information content (AvgIpc) is 3.27. The van der Waals surface area contributed by atoms with Crippen LogP contribution >= 0.6 is 0 Å². The summed E-state index contributed by atoms with van der Waals surface area (Å²) < 4.78 is 10.7. The monoisotopic (exact) mass is 366 g/mol. The number of amides is 2. The number of hydrogen-bond acceptors (Lipinski definition) is 6. The second-order valence-corrected chi connectivity index (χ2v) is 6.56. The molecule has 2 amide bonds. The van der Waals surface area contributed by atoms with E-state index >= 15 is 0 Å². The molecule has 2 aromatic rings. The van der Waals surface area contributed by atoms with Crippen LogP contribution in [-0.4, -0.2) is 34.2 Å². The molecule has 27 heavy (non-hydrogen) atoms. The molecule has 7 nitrogen and oxygen atoms in total. The van der Waals surface area contributed by atoms with E-state index in [0.29, 0.717) is 18.6 Å². The van der Waals surface area contributed by atoms with Crippen molar-refractivity contribution in [2.45, 2.75) is 19.4 Å². The highest BCUT2D eigenvalue weighted by molar-refractivity contribution is 6.07. The minimum absolute atomic E-state index is 0.156. The van der Waals surface area contributed by atoms with Crippen LogP contribution in [0.2, 0.25) is 0 Å². The lowest BCUT2D eigenvalue weighted by Gasteiger charge is -2.14. The van der Waals surface area contributed by atoms with E-state index in [1.807, 2.05) is 42.5 Å². The first kappa shape index (κ1) is 17.2. The van der Waals surface area contributed by atoms with Crippen LogP contribution < -0.4 is 0 Å². The molecule has 2 atom stereocenters. The van der Waals surface area contributed by atoms with Crippen LogP contribution in [0.5, 0.6) is 0 Å². The van der Waals surface area contributed by atoms with Crippen LogP contribution in [0, 0.1) is 11.8 Å². The second kappa shape index (κ2) is 7.19. The van der Waals surface area contributed by atoms with Gasteiger partial charge in [-0.3, -0.25) is 19.3 Å². The van der Waals surface area contributed by atoms with Gasteiger partial charge in [0.15, 0.2) is 12.4 Å². The second-order valence-electron chi connectivity index (χ2n) is 6.56. The SMILES string of the molecule is O=C(CN1C(=O)[C@H]2CC=CC[C@H]2C1=O)OCc1ncc(-c2ccccc2)o1. The number of oxazole rings is 1. The van der Waals surface area contributed by atoms with Gasteiger partial charge in [-0.25, -0.2) is 4.98 Å². The predicted octanol–water partition coefficient (Wildman–Crippen LogP) is 2.34. The fourth-order valence-corrected chi connectivity index (χ4v) is 3.45. The van der Waals surface area contributed by atoms with Gasteiger partial charge in [0.25, 0.3) is 0 Å². The van der Waals surface area contributed by atoms with Crippen molar-refractivity contribution in [1.29, 1.82) is 0 Å². The zero-order valence-electron chi connectivity index (χ0n) is 14.5. The van der Waals surface area contributed by atoms with Gasteiger partial charge in [-0.1, -0.05) is 42.5 Å². The highest BCUT2D eigenvalue weighted by Crippen LogP contribution is 2.34. The summed E-state index contributed by atoms with van der Waals surface area (Å²) in [6, 6.07) is 9.43. The van der Waals surface area contributed by atoms with E-state index in [0.717, 1.165) is 10.5 Å². The van der Waals surface area contributed by atoms with Crippen molar-refractivity contribution < 1.29 is 23.5 Å². The molecular formula is C20H18N2O5. The van der Waals surface area contributed by atoms with E-state index in [1.165, 1.54) is 0 Å². The molecule has 7 heteroatoms. The number of esters is 1. The van der Waals surface area contributed by atoms with Gasteiger partial charge < -0.3 is 9.15 Å². The number of carbonyl (C=O) groups is 3. The Bertz CT molecular complexity index is 876. The Kier molecular flexibility index (Phi) is 4.58. The number of likely N-dealkylation sites (tertiary alicyclic amines) is 1. The minimum Gasteiger partial charge on any atom is -0.454 e. The minimum atomic E-state index is -0.664. The molecule has 4 rings (SSSR count). The molecule has 0 saturated carbocycles. The Balaban J connectivity index is 1.33. The molecule has 2 aliphatic rings. The van der Waals surface area contributed by atoms with Gasteiger partial charge in [0.05, 0.1) is 18.0 Å². The van der Waals surface area contributed by atoms with Crippen molar-refractivity contribution in [2.75, 3.05) is 6.54 Å². The summed E-state index contributed by atoms with van der Waals surface area (Å²) in [5.74, 6) is -1.14. The van der Waals surface area contributed by atoms with Gasteiger partial charge in [-0.15, -0.1) is 0 Å². The largest absolute Gasteiger partial charge is 0.454 e. The molecule has 1 saturated heterocycles. The summed E-state index contributed by atoms with van der Waals surface area (Å²) in [4.78, 5) is 41.9. The molecule has 1 aliphatic heterocycles. The molecule has 1 aliphatic carbocycles. The van der Waals surface area contributed by atoms with Crippen LogP contribution in [0.1, 0.15) is 18.7 Å². The van der Waals surface area contributed by atoms with Crippen molar-refractivity contribution in [3.63, 3.8) is 0 Å². The third-order valence-corrected chi connectivity index (χ3v) is 4.85. The molecule has 0 radical (unpaired) electrons. The van der Waals surface area contributed by atoms with Crippen LogP contribution in [0.25, 0.3) is 11.3 Å². The van der Waals surface area contributed by atoms with Crippen LogP contribution in [0.15, 0.2) is 53.1 Å². The first-order valence-electron chi connectivity index (χ1n) is 8.79. The van der Waals surface area contributed by atoms with Gasteiger partial charge in [-0.2, -0.15) is 0 Å². The summed E-state index contributed by atoms with van der Waals surface area (Å²) in [6.45, 7) is -0.535. The maximum absolute atomic E-state index is 12.4. The lowest BCUT2D eigenvalue weighted by molar-refractivity contribution is -0.154. The number of fused-ring (bicyclic) bond motifs is 1. The lowest BCUT2D eigenvalue weighted by atomic mass is 9.85. The topological polar surface area (TPSA) is 89.7 Å². The fraction of sp³-hybridized carbons (Fsp3) is 0.300. The predicted molar refractivity (Wildman–Crippen MR) is 93.8 cm³/mol. The normalized spacial score (nSPS) is 21.4. The summed E-state index contributed by atoms with van der Waals surface area (Å²) in [6.07, 6.45) is 6.45. The van der Waals surface area contributed by atoms with Gasteiger partial charge in [0.1, 0.15) is 6.54 Å². The van der Waals surface area contributed by atoms with Gasteiger partial charge in [0.2, 0.25) is 17.7 Å². The van der Waals surface area contributed by atoms with E-state index in [-0.39, 0.29) is 42.7 Å². The number of nitrogens with zero attached hydrogens (tertiary/aromatic N) is 2. The van der Waals surface area contributed by atoms with Crippen LogP contribution in [-0.2, 0) is 25.7 Å². The third kappa shape index (κ3) is 3.40. The Morgan fingerprint density at radius 1 is 1.11 bits per heavy atom.